The molecule has 1 atom stereocenters. The van der Waals surface area contributed by atoms with E-state index in [9.17, 15) is 4.79 Å². The minimum Gasteiger partial charge on any atom is -0.466 e. The van der Waals surface area contributed by atoms with Crippen molar-refractivity contribution in [1.29, 1.82) is 0 Å². The van der Waals surface area contributed by atoms with Crippen molar-refractivity contribution in [2.45, 2.75) is 33.2 Å². The van der Waals surface area contributed by atoms with Crippen molar-refractivity contribution < 1.29 is 9.53 Å². The molecule has 0 spiro atoms. The molecule has 3 nitrogen and oxygen atoms in total. The first-order chi connectivity index (χ1) is 9.10. The summed E-state index contributed by atoms with van der Waals surface area (Å²) in [5, 5.41) is 3.40. The summed E-state index contributed by atoms with van der Waals surface area (Å²) in [5.74, 6) is -0.243. The number of ether oxygens (including phenoxy) is 1. The highest BCUT2D eigenvalue weighted by atomic mass is 16.5. The van der Waals surface area contributed by atoms with E-state index in [1.807, 2.05) is 25.1 Å². The van der Waals surface area contributed by atoms with Crippen molar-refractivity contribution in [2.75, 3.05) is 13.7 Å². The number of hydrogen-bond acceptors (Lipinski definition) is 3. The number of nitrogens with one attached hydrogen (secondary N) is 1. The highest BCUT2D eigenvalue weighted by Crippen LogP contribution is 2.16. The van der Waals surface area contributed by atoms with E-state index in [0.29, 0.717) is 18.5 Å². The van der Waals surface area contributed by atoms with Crippen LogP contribution in [0.1, 0.15) is 37.4 Å². The maximum absolute atomic E-state index is 11.4. The van der Waals surface area contributed by atoms with Gasteiger partial charge in [0.1, 0.15) is 0 Å². The average molecular weight is 261 g/mol. The molecule has 0 aliphatic heterocycles. The van der Waals surface area contributed by atoms with Gasteiger partial charge in [0.25, 0.3) is 0 Å². The Bertz CT molecular complexity index is 452. The second-order valence-corrected chi connectivity index (χ2v) is 4.56. The average Bonchev–Trinajstić information content (AvgIpc) is 2.43. The SMILES string of the molecule is CC/C(=C/CN[C@@H](C)c1ccccc1C)C(=O)OC. The molecule has 0 aromatic heterocycles. The fraction of sp³-hybridized carbons (Fsp3) is 0.438. The monoisotopic (exact) mass is 261 g/mol. The third-order valence-corrected chi connectivity index (χ3v) is 3.26. The topological polar surface area (TPSA) is 38.3 Å². The molecule has 0 amide bonds. The number of rotatable bonds is 6. The van der Waals surface area contributed by atoms with Crippen LogP contribution in [-0.4, -0.2) is 19.6 Å². The predicted molar refractivity (Wildman–Crippen MR) is 78.0 cm³/mol. The Morgan fingerprint density at radius 3 is 2.68 bits per heavy atom. The van der Waals surface area contributed by atoms with Crippen LogP contribution in [0.25, 0.3) is 0 Å². The molecule has 0 saturated heterocycles. The number of hydrogen-bond donors (Lipinski definition) is 1. The first kappa shape index (κ1) is 15.4. The Morgan fingerprint density at radius 2 is 2.11 bits per heavy atom. The molecule has 1 N–H and O–H groups in total. The zero-order valence-corrected chi connectivity index (χ0v) is 12.2. The fourth-order valence-electron chi connectivity index (χ4n) is 2.04. The van der Waals surface area contributed by atoms with Gasteiger partial charge < -0.3 is 10.1 Å². The fourth-order valence-corrected chi connectivity index (χ4v) is 2.04. The van der Waals surface area contributed by atoms with Gasteiger partial charge in [-0.05, 0) is 31.4 Å². The molecule has 0 fully saturated rings. The number of carbonyl (C=O) groups excluding carboxylic acids is 1. The normalized spacial score (nSPS) is 13.2. The van der Waals surface area contributed by atoms with Gasteiger partial charge in [-0.25, -0.2) is 4.79 Å². The molecule has 1 aromatic rings. The summed E-state index contributed by atoms with van der Waals surface area (Å²) in [6.07, 6.45) is 2.59. The number of methoxy groups -OCH3 is 1. The van der Waals surface area contributed by atoms with Crippen LogP contribution in [0.2, 0.25) is 0 Å². The lowest BCUT2D eigenvalue weighted by atomic mass is 10.0. The summed E-state index contributed by atoms with van der Waals surface area (Å²) in [5.41, 5.74) is 3.27. The number of carbonyl (C=O) groups is 1. The molecule has 1 rings (SSSR count). The van der Waals surface area contributed by atoms with Crippen molar-refractivity contribution in [3.8, 4) is 0 Å². The van der Waals surface area contributed by atoms with E-state index in [1.165, 1.54) is 18.2 Å². The maximum Gasteiger partial charge on any atom is 0.333 e. The number of esters is 1. The molecule has 0 aliphatic rings. The number of aryl methyl sites for hydroxylation is 1. The second-order valence-electron chi connectivity index (χ2n) is 4.56. The Hall–Kier alpha value is -1.61. The van der Waals surface area contributed by atoms with E-state index in [0.717, 1.165) is 0 Å². The van der Waals surface area contributed by atoms with E-state index < -0.39 is 0 Å². The summed E-state index contributed by atoms with van der Waals surface area (Å²) in [4.78, 5) is 11.4. The summed E-state index contributed by atoms with van der Waals surface area (Å²) in [7, 11) is 1.41. The summed E-state index contributed by atoms with van der Waals surface area (Å²) < 4.78 is 4.73. The predicted octanol–water partition coefficient (Wildman–Crippen LogP) is 3.16. The van der Waals surface area contributed by atoms with Gasteiger partial charge in [0, 0.05) is 18.2 Å². The van der Waals surface area contributed by atoms with E-state index in [2.05, 4.69) is 31.3 Å². The summed E-state index contributed by atoms with van der Waals surface area (Å²) in [6, 6.07) is 8.57. The quantitative estimate of drug-likeness (QED) is 0.631. The molecule has 19 heavy (non-hydrogen) atoms. The maximum atomic E-state index is 11.4. The van der Waals surface area contributed by atoms with Gasteiger partial charge in [-0.3, -0.25) is 0 Å². The van der Waals surface area contributed by atoms with Crippen LogP contribution >= 0.6 is 0 Å². The lowest BCUT2D eigenvalue weighted by molar-refractivity contribution is -0.136. The van der Waals surface area contributed by atoms with Crippen LogP contribution in [0, 0.1) is 6.92 Å². The highest BCUT2D eigenvalue weighted by molar-refractivity contribution is 5.88. The minimum atomic E-state index is -0.243. The zero-order valence-electron chi connectivity index (χ0n) is 12.2. The highest BCUT2D eigenvalue weighted by Gasteiger charge is 2.08. The van der Waals surface area contributed by atoms with Crippen LogP contribution in [0.4, 0.5) is 0 Å². The van der Waals surface area contributed by atoms with E-state index in [4.69, 9.17) is 4.74 Å². The van der Waals surface area contributed by atoms with Gasteiger partial charge >= 0.3 is 5.97 Å². The molecule has 0 saturated carbocycles. The third kappa shape index (κ3) is 4.52. The van der Waals surface area contributed by atoms with Gasteiger partial charge in [0.2, 0.25) is 0 Å². The van der Waals surface area contributed by atoms with Gasteiger partial charge in [0.05, 0.1) is 7.11 Å². The van der Waals surface area contributed by atoms with Gasteiger partial charge in [-0.2, -0.15) is 0 Å². The molecule has 0 unspecified atom stereocenters. The van der Waals surface area contributed by atoms with Crippen molar-refractivity contribution in [3.63, 3.8) is 0 Å². The Morgan fingerprint density at radius 1 is 1.42 bits per heavy atom. The van der Waals surface area contributed by atoms with E-state index in [1.54, 1.807) is 0 Å². The molecule has 1 aromatic carbocycles. The first-order valence-corrected chi connectivity index (χ1v) is 6.66. The molecule has 0 aliphatic carbocycles. The van der Waals surface area contributed by atoms with Crippen LogP contribution in [0.3, 0.4) is 0 Å². The molecular formula is C16H23NO2. The number of benzene rings is 1. The lowest BCUT2D eigenvalue weighted by Gasteiger charge is -2.15. The summed E-state index contributed by atoms with van der Waals surface area (Å²) in [6.45, 7) is 6.84. The van der Waals surface area contributed by atoms with Crippen molar-refractivity contribution in [3.05, 3.63) is 47.0 Å². The lowest BCUT2D eigenvalue weighted by Crippen LogP contribution is -2.20. The second kappa shape index (κ2) is 7.74. The van der Waals surface area contributed by atoms with Crippen LogP contribution in [0.5, 0.6) is 0 Å². The van der Waals surface area contributed by atoms with Gasteiger partial charge in [0.15, 0.2) is 0 Å². The standard InChI is InChI=1S/C16H23NO2/c1-5-14(16(18)19-4)10-11-17-13(3)15-9-7-6-8-12(15)2/h6-10,13,17H,5,11H2,1-4H3/b14-10-/t13-/m0/s1. The van der Waals surface area contributed by atoms with Crippen LogP contribution in [-0.2, 0) is 9.53 Å². The Balaban J connectivity index is 2.60. The van der Waals surface area contributed by atoms with E-state index in [-0.39, 0.29) is 12.0 Å². The van der Waals surface area contributed by atoms with Gasteiger partial charge in [-0.15, -0.1) is 0 Å². The molecular weight excluding hydrogens is 238 g/mol. The Kier molecular flexibility index (Phi) is 6.30. The smallest absolute Gasteiger partial charge is 0.333 e. The molecule has 0 bridgehead atoms. The minimum absolute atomic E-state index is 0.243. The van der Waals surface area contributed by atoms with Gasteiger partial charge in [-0.1, -0.05) is 37.3 Å². The molecule has 0 radical (unpaired) electrons. The molecule has 0 heterocycles. The van der Waals surface area contributed by atoms with Crippen molar-refractivity contribution in [2.24, 2.45) is 0 Å². The van der Waals surface area contributed by atoms with Crippen molar-refractivity contribution in [1.82, 2.24) is 5.32 Å². The van der Waals surface area contributed by atoms with Crippen LogP contribution < -0.4 is 5.32 Å². The first-order valence-electron chi connectivity index (χ1n) is 6.66. The Labute approximate surface area is 115 Å². The third-order valence-electron chi connectivity index (χ3n) is 3.26. The zero-order chi connectivity index (χ0) is 14.3. The van der Waals surface area contributed by atoms with Crippen LogP contribution in [0.15, 0.2) is 35.9 Å². The van der Waals surface area contributed by atoms with E-state index >= 15 is 0 Å². The van der Waals surface area contributed by atoms with Crippen molar-refractivity contribution >= 4 is 5.97 Å². The molecule has 3 heteroatoms. The molecule has 104 valence electrons. The summed E-state index contributed by atoms with van der Waals surface area (Å²) >= 11 is 0. The largest absolute Gasteiger partial charge is 0.466 e.